The summed E-state index contributed by atoms with van der Waals surface area (Å²) in [6, 6.07) is -0.464. The lowest BCUT2D eigenvalue weighted by Crippen LogP contribution is -2.51. The minimum Gasteiger partial charge on any atom is -0.336 e. The van der Waals surface area contributed by atoms with E-state index in [4.69, 9.17) is 0 Å². The van der Waals surface area contributed by atoms with Crippen LogP contribution >= 0.6 is 0 Å². The van der Waals surface area contributed by atoms with E-state index in [1.165, 1.54) is 0 Å². The molecule has 3 heterocycles. The summed E-state index contributed by atoms with van der Waals surface area (Å²) in [5.74, 6) is -0.545. The van der Waals surface area contributed by atoms with E-state index in [2.05, 4.69) is 10.4 Å². The fourth-order valence-electron chi connectivity index (χ4n) is 3.49. The summed E-state index contributed by atoms with van der Waals surface area (Å²) in [6.07, 6.45) is 6.65. The third-order valence-corrected chi connectivity index (χ3v) is 4.85. The summed E-state index contributed by atoms with van der Waals surface area (Å²) in [4.78, 5) is 39.9. The van der Waals surface area contributed by atoms with Gasteiger partial charge in [-0.3, -0.25) is 19.2 Å². The number of piperidine rings is 1. The van der Waals surface area contributed by atoms with Gasteiger partial charge in [-0.25, -0.2) is 4.79 Å². The van der Waals surface area contributed by atoms with Crippen LogP contribution in [0.1, 0.15) is 38.7 Å². The van der Waals surface area contributed by atoms with Crippen LogP contribution in [0.5, 0.6) is 0 Å². The van der Waals surface area contributed by atoms with E-state index in [0.29, 0.717) is 13.1 Å². The summed E-state index contributed by atoms with van der Waals surface area (Å²) in [7, 11) is 0. The molecule has 0 unspecified atom stereocenters. The molecule has 0 saturated carbocycles. The van der Waals surface area contributed by atoms with Gasteiger partial charge >= 0.3 is 6.03 Å². The van der Waals surface area contributed by atoms with Crippen LogP contribution in [0, 0.1) is 6.92 Å². The highest BCUT2D eigenvalue weighted by molar-refractivity contribution is 6.08. The molecule has 8 nitrogen and oxygen atoms in total. The Labute approximate surface area is 147 Å². The molecule has 2 saturated heterocycles. The lowest BCUT2D eigenvalue weighted by molar-refractivity contribution is -0.141. The van der Waals surface area contributed by atoms with Gasteiger partial charge in [-0.05, 0) is 45.6 Å². The van der Waals surface area contributed by atoms with Crippen LogP contribution in [0.25, 0.3) is 0 Å². The molecule has 3 rings (SSSR count). The summed E-state index contributed by atoms with van der Waals surface area (Å²) in [5, 5.41) is 6.91. The van der Waals surface area contributed by atoms with Crippen molar-refractivity contribution in [3.05, 3.63) is 18.0 Å². The van der Waals surface area contributed by atoms with Crippen molar-refractivity contribution in [1.29, 1.82) is 0 Å². The molecule has 136 valence electrons. The number of nitrogens with one attached hydrogen (secondary N) is 1. The van der Waals surface area contributed by atoms with Crippen molar-refractivity contribution in [2.75, 3.05) is 13.1 Å². The van der Waals surface area contributed by atoms with Crippen LogP contribution in [0.2, 0.25) is 0 Å². The van der Waals surface area contributed by atoms with Crippen LogP contribution in [-0.2, 0) is 16.1 Å². The molecule has 0 radical (unpaired) electrons. The first-order valence-corrected chi connectivity index (χ1v) is 8.70. The van der Waals surface area contributed by atoms with Gasteiger partial charge < -0.3 is 10.2 Å². The van der Waals surface area contributed by atoms with Gasteiger partial charge in [-0.15, -0.1) is 0 Å². The predicted molar refractivity (Wildman–Crippen MR) is 90.6 cm³/mol. The zero-order chi connectivity index (χ0) is 18.2. The fraction of sp³-hybridized carbons (Fsp3) is 0.647. The normalized spacial score (nSPS) is 23.1. The van der Waals surface area contributed by atoms with E-state index in [0.717, 1.165) is 29.7 Å². The Kier molecular flexibility index (Phi) is 4.53. The molecule has 0 aromatic carbocycles. The zero-order valence-electron chi connectivity index (χ0n) is 15.0. The smallest absolute Gasteiger partial charge is 0.325 e. The number of nitrogens with zero attached hydrogens (tertiary/aromatic N) is 4. The Morgan fingerprint density at radius 1 is 1.36 bits per heavy atom. The number of hydrogen-bond donors (Lipinski definition) is 1. The van der Waals surface area contributed by atoms with Crippen molar-refractivity contribution in [1.82, 2.24) is 24.9 Å². The van der Waals surface area contributed by atoms with E-state index >= 15 is 0 Å². The van der Waals surface area contributed by atoms with Crippen LogP contribution in [-0.4, -0.2) is 62.1 Å². The quantitative estimate of drug-likeness (QED) is 0.820. The monoisotopic (exact) mass is 347 g/mol. The maximum atomic E-state index is 12.8. The van der Waals surface area contributed by atoms with Gasteiger partial charge in [-0.2, -0.15) is 5.10 Å². The summed E-state index contributed by atoms with van der Waals surface area (Å²) < 4.78 is 1.85. The number of carbonyl (C=O) groups is 3. The van der Waals surface area contributed by atoms with E-state index in [-0.39, 0.29) is 24.4 Å². The Balaban J connectivity index is 1.68. The molecule has 2 fully saturated rings. The second-order valence-electron chi connectivity index (χ2n) is 7.42. The van der Waals surface area contributed by atoms with Gasteiger partial charge in [-0.1, -0.05) is 0 Å². The molecule has 0 bridgehead atoms. The zero-order valence-corrected chi connectivity index (χ0v) is 15.0. The van der Waals surface area contributed by atoms with Gasteiger partial charge in [0, 0.05) is 12.7 Å². The molecule has 0 aliphatic carbocycles. The van der Waals surface area contributed by atoms with Crippen LogP contribution in [0.3, 0.4) is 0 Å². The third kappa shape index (κ3) is 3.52. The number of aryl methyl sites for hydroxylation is 1. The molecule has 1 N–H and O–H groups in total. The number of aromatic nitrogens is 2. The number of amides is 4. The minimum atomic E-state index is -0.953. The molecule has 1 aromatic heterocycles. The molecule has 2 aliphatic heterocycles. The molecule has 2 aliphatic rings. The highest BCUT2D eigenvalue weighted by Crippen LogP contribution is 2.21. The molecule has 1 atom stereocenters. The largest absolute Gasteiger partial charge is 0.336 e. The van der Waals surface area contributed by atoms with E-state index in [1.54, 1.807) is 24.9 Å². The van der Waals surface area contributed by atoms with Gasteiger partial charge in [0.05, 0.1) is 18.8 Å². The van der Waals surface area contributed by atoms with Crippen LogP contribution in [0.4, 0.5) is 4.79 Å². The van der Waals surface area contributed by atoms with Gasteiger partial charge in [0.2, 0.25) is 5.91 Å². The molecular weight excluding hydrogens is 322 g/mol. The molecule has 8 heteroatoms. The number of likely N-dealkylation sites (tertiary alicyclic amines) is 1. The molecular formula is C17H25N5O3. The first-order valence-electron chi connectivity index (χ1n) is 8.70. The lowest BCUT2D eigenvalue weighted by Gasteiger charge is -2.36. The van der Waals surface area contributed by atoms with Gasteiger partial charge in [0.25, 0.3) is 5.91 Å². The number of rotatable bonds is 4. The maximum Gasteiger partial charge on any atom is 0.325 e. The molecule has 0 spiro atoms. The van der Waals surface area contributed by atoms with E-state index in [1.807, 2.05) is 17.8 Å². The van der Waals surface area contributed by atoms with Crippen molar-refractivity contribution in [3.8, 4) is 0 Å². The first-order chi connectivity index (χ1) is 11.8. The van der Waals surface area contributed by atoms with Crippen LogP contribution in [0.15, 0.2) is 12.4 Å². The lowest BCUT2D eigenvalue weighted by atomic mass is 10.0. The molecule has 4 amide bonds. The molecule has 1 aromatic rings. The first kappa shape index (κ1) is 17.4. The highest BCUT2D eigenvalue weighted by atomic mass is 16.2. The number of hydrogen-bond acceptors (Lipinski definition) is 4. The summed E-state index contributed by atoms with van der Waals surface area (Å²) >= 11 is 0. The Morgan fingerprint density at radius 3 is 2.72 bits per heavy atom. The second kappa shape index (κ2) is 6.50. The summed E-state index contributed by atoms with van der Waals surface area (Å²) in [5.41, 5.74) is 0.126. The Hall–Kier alpha value is -2.38. The standard InChI is InChI=1S/C17H25N5O3/c1-12-8-18-20(9-12)10-13-6-4-5-7-21(13)14(23)11-22-15(24)17(2,3)19-16(22)25/h8-9,13H,4-7,10-11H2,1-3H3,(H,19,25)/t13-/m1/s1. The Morgan fingerprint density at radius 2 is 2.12 bits per heavy atom. The third-order valence-electron chi connectivity index (χ3n) is 4.85. The summed E-state index contributed by atoms with van der Waals surface area (Å²) in [6.45, 7) is 6.33. The topological polar surface area (TPSA) is 87.5 Å². The average molecular weight is 347 g/mol. The predicted octanol–water partition coefficient (Wildman–Crippen LogP) is 0.903. The SMILES string of the molecule is Cc1cnn(C[C@H]2CCCCN2C(=O)CN2C(=O)NC(C)(C)C2=O)c1. The Bertz CT molecular complexity index is 696. The maximum absolute atomic E-state index is 12.8. The van der Waals surface area contributed by atoms with E-state index < -0.39 is 11.6 Å². The fourth-order valence-corrected chi connectivity index (χ4v) is 3.49. The van der Waals surface area contributed by atoms with Crippen molar-refractivity contribution in [2.24, 2.45) is 0 Å². The second-order valence-corrected chi connectivity index (χ2v) is 7.42. The van der Waals surface area contributed by atoms with Crippen molar-refractivity contribution >= 4 is 17.8 Å². The van der Waals surface area contributed by atoms with Gasteiger partial charge in [0.15, 0.2) is 0 Å². The highest BCUT2D eigenvalue weighted by Gasteiger charge is 2.45. The number of urea groups is 1. The van der Waals surface area contributed by atoms with Crippen molar-refractivity contribution < 1.29 is 14.4 Å². The van der Waals surface area contributed by atoms with Crippen molar-refractivity contribution in [3.63, 3.8) is 0 Å². The minimum absolute atomic E-state index is 0.0364. The average Bonchev–Trinajstić information content (AvgIpc) is 3.03. The van der Waals surface area contributed by atoms with E-state index in [9.17, 15) is 14.4 Å². The van der Waals surface area contributed by atoms with Crippen LogP contribution < -0.4 is 5.32 Å². The van der Waals surface area contributed by atoms with Gasteiger partial charge in [0.1, 0.15) is 12.1 Å². The molecule has 25 heavy (non-hydrogen) atoms. The number of carbonyl (C=O) groups excluding carboxylic acids is 3. The number of imide groups is 1. The van der Waals surface area contributed by atoms with Crippen molar-refractivity contribution in [2.45, 2.75) is 58.2 Å².